The number of alkyl halides is 1. The zero-order chi connectivity index (χ0) is 8.91. The standard InChI is InChI=1S/C9H19ClO/c1-9(2,3)8(10)6-5-7-11-4/h8H,5-7H2,1-4H3. The largest absolute Gasteiger partial charge is 0.385 e. The lowest BCUT2D eigenvalue weighted by Crippen LogP contribution is -2.20. The molecule has 1 unspecified atom stereocenters. The number of hydrogen-bond acceptors (Lipinski definition) is 1. The van der Waals surface area contributed by atoms with Crippen LogP contribution in [-0.4, -0.2) is 19.1 Å². The molecule has 0 rings (SSSR count). The summed E-state index contributed by atoms with van der Waals surface area (Å²) in [5.41, 5.74) is 0.218. The molecule has 1 atom stereocenters. The zero-order valence-electron chi connectivity index (χ0n) is 7.98. The van der Waals surface area contributed by atoms with Crippen LogP contribution in [0.2, 0.25) is 0 Å². The van der Waals surface area contributed by atoms with E-state index in [2.05, 4.69) is 20.8 Å². The van der Waals surface area contributed by atoms with E-state index < -0.39 is 0 Å². The van der Waals surface area contributed by atoms with Crippen LogP contribution in [0.4, 0.5) is 0 Å². The zero-order valence-corrected chi connectivity index (χ0v) is 8.74. The molecule has 0 aromatic heterocycles. The minimum atomic E-state index is 0.218. The molecule has 0 fully saturated rings. The van der Waals surface area contributed by atoms with Crippen LogP contribution in [0.15, 0.2) is 0 Å². The Hall–Kier alpha value is 0.250. The maximum atomic E-state index is 6.14. The maximum Gasteiger partial charge on any atom is 0.0462 e. The van der Waals surface area contributed by atoms with E-state index in [0.717, 1.165) is 19.4 Å². The number of ether oxygens (including phenoxy) is 1. The molecule has 0 saturated carbocycles. The number of halogens is 1. The second-order valence-electron chi connectivity index (χ2n) is 3.97. The van der Waals surface area contributed by atoms with Crippen molar-refractivity contribution in [3.63, 3.8) is 0 Å². The van der Waals surface area contributed by atoms with Crippen molar-refractivity contribution in [2.75, 3.05) is 13.7 Å². The van der Waals surface area contributed by atoms with Crippen molar-refractivity contribution in [1.29, 1.82) is 0 Å². The third-order valence-electron chi connectivity index (χ3n) is 1.75. The summed E-state index contributed by atoms with van der Waals surface area (Å²) in [5.74, 6) is 0. The van der Waals surface area contributed by atoms with Crippen LogP contribution in [0, 0.1) is 5.41 Å². The summed E-state index contributed by atoms with van der Waals surface area (Å²) in [7, 11) is 1.72. The van der Waals surface area contributed by atoms with Crippen molar-refractivity contribution in [2.24, 2.45) is 5.41 Å². The highest BCUT2D eigenvalue weighted by Crippen LogP contribution is 2.27. The van der Waals surface area contributed by atoms with Gasteiger partial charge in [-0.3, -0.25) is 0 Å². The van der Waals surface area contributed by atoms with Gasteiger partial charge in [-0.2, -0.15) is 0 Å². The first-order chi connectivity index (χ1) is 4.98. The van der Waals surface area contributed by atoms with Gasteiger partial charge in [0.25, 0.3) is 0 Å². The summed E-state index contributed by atoms with van der Waals surface area (Å²) in [6.07, 6.45) is 2.10. The van der Waals surface area contributed by atoms with Crippen LogP contribution >= 0.6 is 11.6 Å². The highest BCUT2D eigenvalue weighted by Gasteiger charge is 2.21. The van der Waals surface area contributed by atoms with E-state index in [1.807, 2.05) is 0 Å². The molecular weight excluding hydrogens is 160 g/mol. The molecule has 0 heterocycles. The molecule has 0 bridgehead atoms. The predicted octanol–water partition coefficient (Wildman–Crippen LogP) is 3.07. The minimum Gasteiger partial charge on any atom is -0.385 e. The van der Waals surface area contributed by atoms with E-state index in [9.17, 15) is 0 Å². The second kappa shape index (κ2) is 5.00. The van der Waals surface area contributed by atoms with Gasteiger partial charge in [-0.1, -0.05) is 20.8 Å². The normalized spacial score (nSPS) is 15.0. The smallest absolute Gasteiger partial charge is 0.0462 e. The lowest BCUT2D eigenvalue weighted by molar-refractivity contribution is 0.188. The van der Waals surface area contributed by atoms with Crippen molar-refractivity contribution < 1.29 is 4.74 Å². The van der Waals surface area contributed by atoms with Crippen molar-refractivity contribution in [2.45, 2.75) is 39.0 Å². The molecule has 0 radical (unpaired) electrons. The summed E-state index contributed by atoms with van der Waals surface area (Å²) in [5, 5.41) is 0.262. The molecule has 68 valence electrons. The van der Waals surface area contributed by atoms with Crippen LogP contribution in [0.25, 0.3) is 0 Å². The Morgan fingerprint density at radius 1 is 1.36 bits per heavy atom. The molecule has 0 aliphatic carbocycles. The van der Waals surface area contributed by atoms with E-state index in [1.54, 1.807) is 7.11 Å². The number of methoxy groups -OCH3 is 1. The topological polar surface area (TPSA) is 9.23 Å². The second-order valence-corrected chi connectivity index (χ2v) is 4.50. The fourth-order valence-corrected chi connectivity index (χ4v) is 0.994. The van der Waals surface area contributed by atoms with Gasteiger partial charge in [0, 0.05) is 19.1 Å². The first-order valence-electron chi connectivity index (χ1n) is 4.11. The molecular formula is C9H19ClO. The lowest BCUT2D eigenvalue weighted by Gasteiger charge is -2.24. The Bertz CT molecular complexity index is 96.2. The molecule has 0 saturated heterocycles. The third-order valence-corrected chi connectivity index (χ3v) is 2.62. The Kier molecular flexibility index (Phi) is 5.11. The summed E-state index contributed by atoms with van der Waals surface area (Å²) >= 11 is 6.14. The van der Waals surface area contributed by atoms with Gasteiger partial charge in [-0.15, -0.1) is 11.6 Å². The molecule has 0 aromatic rings. The maximum absolute atomic E-state index is 6.14. The van der Waals surface area contributed by atoms with Gasteiger partial charge in [0.05, 0.1) is 0 Å². The average Bonchev–Trinajstić information content (AvgIpc) is 1.86. The van der Waals surface area contributed by atoms with Gasteiger partial charge < -0.3 is 4.74 Å². The lowest BCUT2D eigenvalue weighted by atomic mass is 9.89. The van der Waals surface area contributed by atoms with Crippen molar-refractivity contribution in [3.8, 4) is 0 Å². The first-order valence-corrected chi connectivity index (χ1v) is 4.55. The minimum absolute atomic E-state index is 0.218. The van der Waals surface area contributed by atoms with Gasteiger partial charge >= 0.3 is 0 Å². The third kappa shape index (κ3) is 5.51. The average molecular weight is 179 g/mol. The van der Waals surface area contributed by atoms with Gasteiger partial charge in [-0.25, -0.2) is 0 Å². The number of rotatable bonds is 4. The highest BCUT2D eigenvalue weighted by atomic mass is 35.5. The molecule has 0 aliphatic rings. The van der Waals surface area contributed by atoms with E-state index in [0.29, 0.717) is 0 Å². The predicted molar refractivity (Wildman–Crippen MR) is 50.2 cm³/mol. The molecule has 0 aliphatic heterocycles. The van der Waals surface area contributed by atoms with Gasteiger partial charge in [0.1, 0.15) is 0 Å². The van der Waals surface area contributed by atoms with Crippen LogP contribution in [0.3, 0.4) is 0 Å². The van der Waals surface area contributed by atoms with E-state index in [1.165, 1.54) is 0 Å². The number of hydrogen-bond donors (Lipinski definition) is 0. The fraction of sp³-hybridized carbons (Fsp3) is 1.00. The van der Waals surface area contributed by atoms with Gasteiger partial charge in [0.15, 0.2) is 0 Å². The van der Waals surface area contributed by atoms with Crippen LogP contribution < -0.4 is 0 Å². The van der Waals surface area contributed by atoms with Crippen LogP contribution in [-0.2, 0) is 4.74 Å². The van der Waals surface area contributed by atoms with E-state index >= 15 is 0 Å². The Morgan fingerprint density at radius 3 is 2.27 bits per heavy atom. The molecule has 0 spiro atoms. The summed E-state index contributed by atoms with van der Waals surface area (Å²) in [4.78, 5) is 0. The highest BCUT2D eigenvalue weighted by molar-refractivity contribution is 6.21. The monoisotopic (exact) mass is 178 g/mol. The molecule has 0 amide bonds. The van der Waals surface area contributed by atoms with Crippen molar-refractivity contribution >= 4 is 11.6 Å². The first kappa shape index (κ1) is 11.2. The van der Waals surface area contributed by atoms with E-state index in [-0.39, 0.29) is 10.8 Å². The molecule has 11 heavy (non-hydrogen) atoms. The van der Waals surface area contributed by atoms with Crippen LogP contribution in [0.1, 0.15) is 33.6 Å². The molecule has 0 N–H and O–H groups in total. The van der Waals surface area contributed by atoms with E-state index in [4.69, 9.17) is 16.3 Å². The Labute approximate surface area is 75.1 Å². The summed E-state index contributed by atoms with van der Waals surface area (Å²) in [6, 6.07) is 0. The SMILES string of the molecule is COCCCC(Cl)C(C)(C)C. The Morgan fingerprint density at radius 2 is 1.91 bits per heavy atom. The molecule has 1 nitrogen and oxygen atoms in total. The molecule has 0 aromatic carbocycles. The summed E-state index contributed by atoms with van der Waals surface area (Å²) < 4.78 is 4.95. The quantitative estimate of drug-likeness (QED) is 0.475. The van der Waals surface area contributed by atoms with Crippen molar-refractivity contribution in [1.82, 2.24) is 0 Å². The van der Waals surface area contributed by atoms with Gasteiger partial charge in [-0.05, 0) is 18.3 Å². The fourth-order valence-electron chi connectivity index (χ4n) is 0.840. The van der Waals surface area contributed by atoms with Crippen molar-refractivity contribution in [3.05, 3.63) is 0 Å². The molecule has 2 heteroatoms. The summed E-state index contributed by atoms with van der Waals surface area (Å²) in [6.45, 7) is 7.31. The van der Waals surface area contributed by atoms with Gasteiger partial charge in [0.2, 0.25) is 0 Å². The Balaban J connectivity index is 3.44. The van der Waals surface area contributed by atoms with Crippen LogP contribution in [0.5, 0.6) is 0 Å².